The average molecular weight is 574 g/mol. The topological polar surface area (TPSA) is 117 Å². The van der Waals surface area contributed by atoms with E-state index in [0.29, 0.717) is 17.4 Å². The van der Waals surface area contributed by atoms with E-state index in [1.807, 2.05) is 0 Å². The maximum Gasteiger partial charge on any atom is 0.420 e. The normalized spacial score (nSPS) is 17.8. The summed E-state index contributed by atoms with van der Waals surface area (Å²) >= 11 is 6.37. The number of nitrogens with two attached hydrogens (primary N) is 1. The van der Waals surface area contributed by atoms with E-state index in [0.717, 1.165) is 51.6 Å². The molecule has 13 heteroatoms. The van der Waals surface area contributed by atoms with Gasteiger partial charge in [-0.2, -0.15) is 13.2 Å². The second kappa shape index (κ2) is 12.2. The molecule has 40 heavy (non-hydrogen) atoms. The second-order valence-electron chi connectivity index (χ2n) is 8.86. The summed E-state index contributed by atoms with van der Waals surface area (Å²) in [5, 5.41) is 5.69. The van der Waals surface area contributed by atoms with Crippen LogP contribution in [0.1, 0.15) is 35.2 Å². The predicted octanol–water partition coefficient (Wildman–Crippen LogP) is 5.67. The van der Waals surface area contributed by atoms with Crippen LogP contribution in [0.15, 0.2) is 75.7 Å². The van der Waals surface area contributed by atoms with Crippen molar-refractivity contribution in [1.82, 2.24) is 4.90 Å². The minimum absolute atomic E-state index is 0.0597. The number of anilines is 2. The Hall–Kier alpha value is -4.32. The Morgan fingerprint density at radius 3 is 2.60 bits per heavy atom. The van der Waals surface area contributed by atoms with Gasteiger partial charge in [-0.3, -0.25) is 9.79 Å². The molecule has 2 aromatic carbocycles. The van der Waals surface area contributed by atoms with E-state index in [9.17, 15) is 18.0 Å². The van der Waals surface area contributed by atoms with E-state index in [2.05, 4.69) is 37.1 Å². The SMILES string of the molecule is C=C/N=C1/C=NC(N2CCCCC2)=N/C1=C(/N)Nc1cc(C(=O)Nc2ccc(OC)c(C(F)(F)F)c2)ccc1Cl. The van der Waals surface area contributed by atoms with Gasteiger partial charge in [-0.05, 0) is 55.7 Å². The van der Waals surface area contributed by atoms with Crippen molar-refractivity contribution in [3.63, 3.8) is 0 Å². The van der Waals surface area contributed by atoms with Crippen molar-refractivity contribution in [3.8, 4) is 5.75 Å². The van der Waals surface area contributed by atoms with Gasteiger partial charge < -0.3 is 26.0 Å². The molecule has 0 unspecified atom stereocenters. The lowest BCUT2D eigenvalue weighted by molar-refractivity contribution is -0.138. The van der Waals surface area contributed by atoms with Crippen LogP contribution in [0.3, 0.4) is 0 Å². The Morgan fingerprint density at radius 1 is 1.18 bits per heavy atom. The molecule has 210 valence electrons. The number of nitrogens with zero attached hydrogens (tertiary/aromatic N) is 4. The number of allylic oxidation sites excluding steroid dienone is 1. The van der Waals surface area contributed by atoms with Crippen molar-refractivity contribution >= 4 is 46.8 Å². The molecule has 0 atom stereocenters. The molecule has 4 N–H and O–H groups in total. The molecule has 1 amide bonds. The minimum atomic E-state index is -4.66. The van der Waals surface area contributed by atoms with Gasteiger partial charge >= 0.3 is 6.18 Å². The number of nitrogens with one attached hydrogen (secondary N) is 2. The molecule has 1 saturated heterocycles. The summed E-state index contributed by atoms with van der Waals surface area (Å²) in [7, 11) is 1.14. The number of amides is 1. The van der Waals surface area contributed by atoms with E-state index in [4.69, 9.17) is 22.1 Å². The number of likely N-dealkylation sites (tertiary alicyclic amines) is 1. The number of carbonyl (C=O) groups excluding carboxylic acids is 1. The lowest BCUT2D eigenvalue weighted by Crippen LogP contribution is -2.37. The molecular formula is C27H27ClF3N7O2. The fraction of sp³-hybridized carbons (Fsp3) is 0.259. The Balaban J connectivity index is 1.60. The Morgan fingerprint density at radius 2 is 1.93 bits per heavy atom. The molecule has 0 radical (unpaired) electrons. The third-order valence-electron chi connectivity index (χ3n) is 6.14. The van der Waals surface area contributed by atoms with Crippen molar-refractivity contribution in [2.24, 2.45) is 20.7 Å². The summed E-state index contributed by atoms with van der Waals surface area (Å²) in [6.45, 7) is 5.27. The molecule has 0 bridgehead atoms. The monoisotopic (exact) mass is 573 g/mol. The molecule has 0 spiro atoms. The number of hydrogen-bond acceptors (Lipinski definition) is 8. The molecule has 9 nitrogen and oxygen atoms in total. The third-order valence-corrected chi connectivity index (χ3v) is 6.47. The molecule has 4 rings (SSSR count). The average Bonchev–Trinajstić information content (AvgIpc) is 2.94. The summed E-state index contributed by atoms with van der Waals surface area (Å²) in [4.78, 5) is 28.2. The number of rotatable bonds is 6. The molecular weight excluding hydrogens is 547 g/mol. The summed E-state index contributed by atoms with van der Waals surface area (Å²) < 4.78 is 45.0. The van der Waals surface area contributed by atoms with Crippen LogP contribution in [0.4, 0.5) is 24.5 Å². The summed E-state index contributed by atoms with van der Waals surface area (Å²) in [6, 6.07) is 7.58. The zero-order valence-corrected chi connectivity index (χ0v) is 22.3. The lowest BCUT2D eigenvalue weighted by Gasteiger charge is -2.29. The maximum atomic E-state index is 13.4. The number of methoxy groups -OCH3 is 1. The smallest absolute Gasteiger partial charge is 0.420 e. The molecule has 0 saturated carbocycles. The highest BCUT2D eigenvalue weighted by molar-refractivity contribution is 6.41. The standard InChI is InChI=1S/C27H27ClF3N7O2/c1-3-33-21-15-34-26(38-11-5-4-6-12-38)37-23(21)24(32)36-20-13-16(7-9-19(20)28)25(39)35-17-8-10-22(40-2)18(14-17)27(29,30)31/h3,7-10,13-15,36H,1,4-6,11-12,32H2,2H3,(H,35,39)/b24-23-,33-21-. The number of halogens is 4. The van der Waals surface area contributed by atoms with Gasteiger partial charge in [0, 0.05) is 30.5 Å². The van der Waals surface area contributed by atoms with Crippen molar-refractivity contribution in [2.45, 2.75) is 25.4 Å². The van der Waals surface area contributed by atoms with Gasteiger partial charge in [-0.15, -0.1) is 0 Å². The quantitative estimate of drug-likeness (QED) is 0.412. The van der Waals surface area contributed by atoms with E-state index in [1.54, 1.807) is 6.21 Å². The van der Waals surface area contributed by atoms with Crippen LogP contribution in [-0.2, 0) is 6.18 Å². The first kappa shape index (κ1) is 28.7. The molecule has 2 heterocycles. The zero-order valence-electron chi connectivity index (χ0n) is 21.6. The number of piperidine rings is 1. The number of carbonyl (C=O) groups is 1. The first-order chi connectivity index (χ1) is 19.1. The van der Waals surface area contributed by atoms with Gasteiger partial charge in [-0.1, -0.05) is 18.2 Å². The highest BCUT2D eigenvalue weighted by Gasteiger charge is 2.34. The largest absolute Gasteiger partial charge is 0.496 e. The molecule has 0 aliphatic carbocycles. The van der Waals surface area contributed by atoms with Gasteiger partial charge in [-0.25, -0.2) is 9.98 Å². The maximum absolute atomic E-state index is 13.4. The highest BCUT2D eigenvalue weighted by Crippen LogP contribution is 2.38. The van der Waals surface area contributed by atoms with Gasteiger partial charge in [0.15, 0.2) is 0 Å². The van der Waals surface area contributed by atoms with E-state index < -0.39 is 17.6 Å². The molecule has 2 aliphatic rings. The number of alkyl halides is 3. The van der Waals surface area contributed by atoms with Crippen LogP contribution >= 0.6 is 11.6 Å². The number of ether oxygens (including phenoxy) is 1. The number of benzene rings is 2. The molecule has 0 aromatic heterocycles. The van der Waals surface area contributed by atoms with Gasteiger partial charge in [0.05, 0.1) is 29.6 Å². The van der Waals surface area contributed by atoms with E-state index in [-0.39, 0.29) is 33.5 Å². The zero-order chi connectivity index (χ0) is 28.9. The first-order valence-electron chi connectivity index (χ1n) is 12.3. The minimum Gasteiger partial charge on any atom is -0.496 e. The lowest BCUT2D eigenvalue weighted by atomic mass is 10.1. The number of guanidine groups is 1. The Kier molecular flexibility index (Phi) is 8.78. The van der Waals surface area contributed by atoms with Crippen LogP contribution < -0.4 is 21.1 Å². The molecule has 2 aliphatic heterocycles. The fourth-order valence-corrected chi connectivity index (χ4v) is 4.35. The molecule has 2 aromatic rings. The first-order valence-corrected chi connectivity index (χ1v) is 12.7. The van der Waals surface area contributed by atoms with Crippen molar-refractivity contribution in [3.05, 3.63) is 76.8 Å². The Bertz CT molecular complexity index is 1430. The van der Waals surface area contributed by atoms with Gasteiger partial charge in [0.25, 0.3) is 5.91 Å². The summed E-state index contributed by atoms with van der Waals surface area (Å²) in [5.74, 6) is -0.399. The van der Waals surface area contributed by atoms with Crippen LogP contribution in [0.25, 0.3) is 0 Å². The second-order valence-corrected chi connectivity index (χ2v) is 9.27. The van der Waals surface area contributed by atoms with E-state index >= 15 is 0 Å². The highest BCUT2D eigenvalue weighted by atomic mass is 35.5. The van der Waals surface area contributed by atoms with Crippen LogP contribution in [0.2, 0.25) is 5.02 Å². The van der Waals surface area contributed by atoms with Crippen LogP contribution in [-0.4, -0.2) is 48.9 Å². The summed E-state index contributed by atoms with van der Waals surface area (Å²) in [6.07, 6.45) is 1.45. The Labute approximate surface area is 234 Å². The number of hydrogen-bond donors (Lipinski definition) is 3. The predicted molar refractivity (Wildman–Crippen MR) is 151 cm³/mol. The third kappa shape index (κ3) is 6.63. The van der Waals surface area contributed by atoms with Gasteiger partial charge in [0.1, 0.15) is 23.0 Å². The number of aliphatic imine (C=N–C) groups is 3. The van der Waals surface area contributed by atoms with Crippen molar-refractivity contribution < 1.29 is 22.7 Å². The molecule has 1 fully saturated rings. The van der Waals surface area contributed by atoms with Crippen molar-refractivity contribution in [2.75, 3.05) is 30.8 Å². The van der Waals surface area contributed by atoms with Crippen molar-refractivity contribution in [1.29, 1.82) is 0 Å². The van der Waals surface area contributed by atoms with Crippen LogP contribution in [0, 0.1) is 0 Å². The van der Waals surface area contributed by atoms with E-state index in [1.165, 1.54) is 30.5 Å². The summed E-state index contributed by atoms with van der Waals surface area (Å²) in [5.41, 5.74) is 6.41. The van der Waals surface area contributed by atoms with Crippen LogP contribution in [0.5, 0.6) is 5.75 Å². The van der Waals surface area contributed by atoms with Gasteiger partial charge in [0.2, 0.25) is 5.96 Å². The fourth-order valence-electron chi connectivity index (χ4n) is 4.18.